The highest BCUT2D eigenvalue weighted by Gasteiger charge is 2.27. The minimum Gasteiger partial charge on any atom is -0.366 e. The maximum atomic E-state index is 12.2. The molecule has 2 fully saturated rings. The molecule has 10 heteroatoms. The van der Waals surface area contributed by atoms with Crippen LogP contribution < -0.4 is 15.8 Å². The highest BCUT2D eigenvalue weighted by Crippen LogP contribution is 2.38. The number of fused-ring (bicyclic) bond motifs is 1. The molecule has 162 valence electrons. The number of hydrogen-bond acceptors (Lipinski definition) is 6. The van der Waals surface area contributed by atoms with E-state index < -0.39 is 0 Å². The molecular weight excluding hydrogens is 418 g/mol. The molecule has 1 aliphatic heterocycles. The first kappa shape index (κ1) is 20.0. The summed E-state index contributed by atoms with van der Waals surface area (Å²) in [4.78, 5) is 35.7. The number of pyridine rings is 1. The van der Waals surface area contributed by atoms with Gasteiger partial charge in [-0.25, -0.2) is 9.50 Å². The van der Waals surface area contributed by atoms with Crippen LogP contribution in [0.1, 0.15) is 40.5 Å². The molecule has 1 saturated heterocycles. The Morgan fingerprint density at radius 1 is 1.26 bits per heavy atom. The number of nitrogens with one attached hydrogen (secondary N) is 2. The Bertz CT molecular complexity index is 1190. The summed E-state index contributed by atoms with van der Waals surface area (Å²) >= 11 is 6.34. The molecule has 2 aliphatic rings. The Morgan fingerprint density at radius 3 is 2.71 bits per heavy atom. The highest BCUT2D eigenvalue weighted by molar-refractivity contribution is 6.32. The van der Waals surface area contributed by atoms with Gasteiger partial charge in [-0.2, -0.15) is 5.10 Å². The summed E-state index contributed by atoms with van der Waals surface area (Å²) in [5.41, 5.74) is 3.66. The molecule has 2 N–H and O–H groups in total. The Balaban J connectivity index is 1.24. The lowest BCUT2D eigenvalue weighted by atomic mass is 10.2. The van der Waals surface area contributed by atoms with E-state index in [1.807, 2.05) is 18.3 Å². The zero-order valence-electron chi connectivity index (χ0n) is 17.3. The Hall–Kier alpha value is -2.91. The van der Waals surface area contributed by atoms with Gasteiger partial charge < -0.3 is 15.2 Å². The second-order valence-corrected chi connectivity index (χ2v) is 8.49. The SMILES string of the molecule is CNC(=O)c1ccc(N2CCN(Cc3cc4[nH]c(=O)c(C5CC5)cn4n3)CC2)c(Cl)n1. The van der Waals surface area contributed by atoms with Crippen LogP contribution in [0.3, 0.4) is 0 Å². The van der Waals surface area contributed by atoms with Crippen molar-refractivity contribution in [2.45, 2.75) is 25.3 Å². The standard InChI is InChI=1S/C21H24ClN7O2/c1-23-21(31)16-4-5-17(19(22)24-16)28-8-6-27(7-9-28)11-14-10-18-25-20(30)15(13-2-3-13)12-29(18)26-14/h4-5,10,12-13H,2-3,6-9,11H2,1H3,(H,23,31)(H,25,30). The highest BCUT2D eigenvalue weighted by atomic mass is 35.5. The fraction of sp³-hybridized carbons (Fsp3) is 0.429. The quantitative estimate of drug-likeness (QED) is 0.584. The molecule has 3 aromatic rings. The van der Waals surface area contributed by atoms with E-state index in [2.05, 4.69) is 30.2 Å². The monoisotopic (exact) mass is 441 g/mol. The van der Waals surface area contributed by atoms with Crippen molar-refractivity contribution in [2.24, 2.45) is 0 Å². The van der Waals surface area contributed by atoms with Gasteiger partial charge >= 0.3 is 0 Å². The molecule has 5 rings (SSSR count). The predicted molar refractivity (Wildman–Crippen MR) is 118 cm³/mol. The van der Waals surface area contributed by atoms with Crippen molar-refractivity contribution in [3.8, 4) is 0 Å². The van der Waals surface area contributed by atoms with Gasteiger partial charge in [-0.3, -0.25) is 14.5 Å². The van der Waals surface area contributed by atoms with Gasteiger partial charge in [0.25, 0.3) is 11.5 Å². The van der Waals surface area contributed by atoms with Crippen molar-refractivity contribution in [3.05, 3.63) is 56.9 Å². The summed E-state index contributed by atoms with van der Waals surface area (Å²) in [6.45, 7) is 4.03. The maximum absolute atomic E-state index is 12.2. The molecule has 0 bridgehead atoms. The Kier molecular flexibility index (Phi) is 5.15. The molecule has 0 unspecified atom stereocenters. The van der Waals surface area contributed by atoms with Crippen LogP contribution in [0.15, 0.2) is 29.2 Å². The summed E-state index contributed by atoms with van der Waals surface area (Å²) < 4.78 is 1.79. The van der Waals surface area contributed by atoms with E-state index in [1.165, 1.54) is 0 Å². The minimum absolute atomic E-state index is 0.00277. The lowest BCUT2D eigenvalue weighted by molar-refractivity contribution is 0.0958. The van der Waals surface area contributed by atoms with Gasteiger partial charge in [0.15, 0.2) is 5.15 Å². The second-order valence-electron chi connectivity index (χ2n) is 8.13. The lowest BCUT2D eigenvalue weighted by Gasteiger charge is -2.35. The van der Waals surface area contributed by atoms with Gasteiger partial charge in [-0.05, 0) is 30.9 Å². The summed E-state index contributed by atoms with van der Waals surface area (Å²) in [5, 5.41) is 7.56. The number of aromatic nitrogens is 4. The number of halogens is 1. The number of carbonyl (C=O) groups is 1. The van der Waals surface area contributed by atoms with Gasteiger partial charge in [-0.15, -0.1) is 0 Å². The van der Waals surface area contributed by atoms with Crippen molar-refractivity contribution in [1.29, 1.82) is 0 Å². The molecule has 31 heavy (non-hydrogen) atoms. The van der Waals surface area contributed by atoms with Crippen LogP contribution in [0, 0.1) is 0 Å². The van der Waals surface area contributed by atoms with Gasteiger partial charge in [-0.1, -0.05) is 11.6 Å². The molecule has 1 amide bonds. The van der Waals surface area contributed by atoms with Crippen LogP contribution in [-0.4, -0.2) is 63.6 Å². The zero-order valence-corrected chi connectivity index (χ0v) is 18.0. The number of piperazine rings is 1. The normalized spacial score (nSPS) is 17.3. The van der Waals surface area contributed by atoms with Crippen molar-refractivity contribution < 1.29 is 4.79 Å². The summed E-state index contributed by atoms with van der Waals surface area (Å²) in [7, 11) is 1.57. The van der Waals surface area contributed by atoms with E-state index in [0.29, 0.717) is 16.8 Å². The second kappa shape index (κ2) is 7.97. The molecule has 1 aliphatic carbocycles. The van der Waals surface area contributed by atoms with Crippen molar-refractivity contribution in [3.63, 3.8) is 0 Å². The first-order chi connectivity index (χ1) is 15.0. The Morgan fingerprint density at radius 2 is 2.03 bits per heavy atom. The van der Waals surface area contributed by atoms with E-state index in [9.17, 15) is 9.59 Å². The molecule has 0 aromatic carbocycles. The average molecular weight is 442 g/mol. The number of amides is 1. The molecule has 1 saturated carbocycles. The molecule has 0 spiro atoms. The summed E-state index contributed by atoms with van der Waals surface area (Å²) in [6.07, 6.45) is 4.05. The first-order valence-electron chi connectivity index (χ1n) is 10.5. The number of H-pyrrole nitrogens is 1. The van der Waals surface area contributed by atoms with Gasteiger partial charge in [0.2, 0.25) is 0 Å². The largest absolute Gasteiger partial charge is 0.366 e. The molecule has 9 nitrogen and oxygen atoms in total. The molecule has 4 heterocycles. The average Bonchev–Trinajstić information content (AvgIpc) is 3.54. The van der Waals surface area contributed by atoms with E-state index in [4.69, 9.17) is 11.6 Å². The van der Waals surface area contributed by atoms with Crippen LogP contribution in [0.4, 0.5) is 5.69 Å². The van der Waals surface area contributed by atoms with Crippen LogP contribution in [0.2, 0.25) is 5.15 Å². The first-order valence-corrected chi connectivity index (χ1v) is 10.9. The van der Waals surface area contributed by atoms with E-state index in [-0.39, 0.29) is 11.5 Å². The third kappa shape index (κ3) is 4.03. The summed E-state index contributed by atoms with van der Waals surface area (Å²) in [6, 6.07) is 5.49. The number of hydrogen-bond donors (Lipinski definition) is 2. The number of nitrogens with zero attached hydrogens (tertiary/aromatic N) is 5. The van der Waals surface area contributed by atoms with Crippen LogP contribution in [0.5, 0.6) is 0 Å². The lowest BCUT2D eigenvalue weighted by Crippen LogP contribution is -2.46. The topological polar surface area (TPSA) is 98.6 Å². The van der Waals surface area contributed by atoms with Crippen LogP contribution in [-0.2, 0) is 6.54 Å². The third-order valence-corrected chi connectivity index (χ3v) is 6.23. The van der Waals surface area contributed by atoms with E-state index in [1.54, 1.807) is 17.6 Å². The Labute approximate surface area is 184 Å². The van der Waals surface area contributed by atoms with Crippen molar-refractivity contribution in [1.82, 2.24) is 29.8 Å². The number of carbonyl (C=O) groups excluding carboxylic acids is 1. The molecule has 0 radical (unpaired) electrons. The molecule has 0 atom stereocenters. The fourth-order valence-electron chi connectivity index (χ4n) is 4.07. The third-order valence-electron chi connectivity index (χ3n) is 5.96. The van der Waals surface area contributed by atoms with Gasteiger partial charge in [0, 0.05) is 57.6 Å². The van der Waals surface area contributed by atoms with E-state index >= 15 is 0 Å². The van der Waals surface area contributed by atoms with E-state index in [0.717, 1.165) is 68.2 Å². The minimum atomic E-state index is -0.253. The maximum Gasteiger partial charge on any atom is 0.269 e. The molecular formula is C21H24ClN7O2. The van der Waals surface area contributed by atoms with Gasteiger partial charge in [0.1, 0.15) is 11.3 Å². The summed E-state index contributed by atoms with van der Waals surface area (Å²) in [5.74, 6) is 0.136. The smallest absolute Gasteiger partial charge is 0.269 e. The predicted octanol–water partition coefficient (Wildman–Crippen LogP) is 1.63. The number of rotatable bonds is 5. The zero-order chi connectivity index (χ0) is 21.5. The van der Waals surface area contributed by atoms with Crippen molar-refractivity contribution >= 4 is 28.8 Å². The van der Waals surface area contributed by atoms with Crippen LogP contribution >= 0.6 is 11.6 Å². The molecule has 3 aromatic heterocycles. The van der Waals surface area contributed by atoms with Crippen LogP contribution in [0.25, 0.3) is 5.65 Å². The van der Waals surface area contributed by atoms with Crippen molar-refractivity contribution in [2.75, 3.05) is 38.1 Å². The number of anilines is 1. The van der Waals surface area contributed by atoms with Gasteiger partial charge in [0.05, 0.1) is 11.4 Å². The number of aromatic amines is 1. The fourth-order valence-corrected chi connectivity index (χ4v) is 4.35.